The number of benzene rings is 2. The van der Waals surface area contributed by atoms with Crippen molar-refractivity contribution in [2.24, 2.45) is 5.18 Å². The molecule has 0 N–H and O–H groups in total. The number of para-hydroxylation sites is 1. The zero-order valence-electron chi connectivity index (χ0n) is 11.2. The summed E-state index contributed by atoms with van der Waals surface area (Å²) < 4.78 is 6.47. The summed E-state index contributed by atoms with van der Waals surface area (Å²) in [5, 5.41) is 11.3. The monoisotopic (exact) mass is 282 g/mol. The van der Waals surface area contributed by atoms with Crippen LogP contribution in [0.1, 0.15) is 0 Å². The van der Waals surface area contributed by atoms with E-state index in [4.69, 9.17) is 4.74 Å². The number of nitrogens with zero attached hydrogens (tertiary/aromatic N) is 5. The van der Waals surface area contributed by atoms with E-state index in [2.05, 4.69) is 15.5 Å². The van der Waals surface area contributed by atoms with Crippen molar-refractivity contribution in [2.45, 2.75) is 0 Å². The van der Waals surface area contributed by atoms with Crippen LogP contribution in [0.2, 0.25) is 0 Å². The Hall–Kier alpha value is -3.09. The lowest BCUT2D eigenvalue weighted by Crippen LogP contribution is -2.33. The molecule has 7 nitrogen and oxygen atoms in total. The van der Waals surface area contributed by atoms with Crippen LogP contribution in [0.5, 0.6) is 5.75 Å². The van der Waals surface area contributed by atoms with E-state index in [9.17, 15) is 4.91 Å². The van der Waals surface area contributed by atoms with E-state index >= 15 is 0 Å². The van der Waals surface area contributed by atoms with Crippen LogP contribution < -0.4 is 9.42 Å². The third-order valence-corrected chi connectivity index (χ3v) is 2.93. The first kappa shape index (κ1) is 12.9. The summed E-state index contributed by atoms with van der Waals surface area (Å²) in [4.78, 5) is 12.3. The molecule has 0 saturated carbocycles. The number of nitroso groups, excluding NO2 is 1. The van der Waals surface area contributed by atoms with Crippen molar-refractivity contribution < 1.29 is 9.42 Å². The average molecular weight is 282 g/mol. The highest BCUT2D eigenvalue weighted by Gasteiger charge is 2.22. The minimum Gasteiger partial charge on any atom is -0.497 e. The van der Waals surface area contributed by atoms with Gasteiger partial charge in [-0.15, -0.1) is 0 Å². The number of hydrogen-bond acceptors (Lipinski definition) is 5. The molecular weight excluding hydrogens is 270 g/mol. The summed E-state index contributed by atoms with van der Waals surface area (Å²) in [7, 11) is 1.59. The first-order valence-electron chi connectivity index (χ1n) is 6.25. The van der Waals surface area contributed by atoms with Gasteiger partial charge in [0, 0.05) is 5.21 Å². The first-order valence-corrected chi connectivity index (χ1v) is 6.25. The molecule has 0 radical (unpaired) electrons. The van der Waals surface area contributed by atoms with Crippen LogP contribution in [0, 0.1) is 4.91 Å². The van der Waals surface area contributed by atoms with E-state index < -0.39 is 0 Å². The van der Waals surface area contributed by atoms with Gasteiger partial charge in [-0.25, -0.2) is 0 Å². The van der Waals surface area contributed by atoms with Gasteiger partial charge in [-0.05, 0) is 41.2 Å². The molecule has 0 amide bonds. The number of ether oxygens (including phenoxy) is 1. The van der Waals surface area contributed by atoms with Crippen molar-refractivity contribution >= 4 is 5.95 Å². The maximum Gasteiger partial charge on any atom is 0.481 e. The molecule has 7 heteroatoms. The maximum absolute atomic E-state index is 11.0. The van der Waals surface area contributed by atoms with Gasteiger partial charge in [-0.3, -0.25) is 0 Å². The summed E-state index contributed by atoms with van der Waals surface area (Å²) in [6, 6.07) is 16.4. The number of rotatable bonds is 4. The van der Waals surface area contributed by atoms with Crippen LogP contribution in [-0.2, 0) is 0 Å². The van der Waals surface area contributed by atoms with Gasteiger partial charge in [-0.1, -0.05) is 27.8 Å². The van der Waals surface area contributed by atoms with Gasteiger partial charge in [-0.2, -0.15) is 0 Å². The molecule has 1 heterocycles. The molecule has 0 unspecified atom stereocenters. The lowest BCUT2D eigenvalue weighted by molar-refractivity contribution is -0.649. The van der Waals surface area contributed by atoms with Crippen LogP contribution in [0.3, 0.4) is 0 Å². The summed E-state index contributed by atoms with van der Waals surface area (Å²) in [6.07, 6.45) is 0. The molecule has 0 atom stereocenters. The van der Waals surface area contributed by atoms with E-state index in [1.165, 1.54) is 9.48 Å². The average Bonchev–Trinajstić information content (AvgIpc) is 3.00. The van der Waals surface area contributed by atoms with Crippen LogP contribution in [0.4, 0.5) is 5.95 Å². The Balaban J connectivity index is 2.05. The maximum atomic E-state index is 11.0. The second-order valence-corrected chi connectivity index (χ2v) is 4.22. The number of aromatic nitrogens is 4. The Kier molecular flexibility index (Phi) is 3.38. The summed E-state index contributed by atoms with van der Waals surface area (Å²) in [6.45, 7) is 0. The van der Waals surface area contributed by atoms with Crippen molar-refractivity contribution in [2.75, 3.05) is 7.11 Å². The Bertz CT molecular complexity index is 753. The van der Waals surface area contributed by atoms with Crippen LogP contribution in [0.15, 0.2) is 59.8 Å². The highest BCUT2D eigenvalue weighted by Crippen LogP contribution is 2.13. The van der Waals surface area contributed by atoms with Crippen LogP contribution >= 0.6 is 0 Å². The molecule has 0 spiro atoms. The van der Waals surface area contributed by atoms with Crippen molar-refractivity contribution in [3.8, 4) is 17.1 Å². The Morgan fingerprint density at radius 2 is 1.81 bits per heavy atom. The zero-order valence-corrected chi connectivity index (χ0v) is 11.2. The molecule has 0 saturated heterocycles. The fourth-order valence-corrected chi connectivity index (χ4v) is 1.89. The molecule has 0 aliphatic rings. The van der Waals surface area contributed by atoms with E-state index in [0.29, 0.717) is 5.69 Å². The van der Waals surface area contributed by atoms with Gasteiger partial charge in [0.1, 0.15) is 22.3 Å². The first-order chi connectivity index (χ1) is 10.3. The quantitative estimate of drug-likeness (QED) is 0.541. The van der Waals surface area contributed by atoms with Gasteiger partial charge in [0.15, 0.2) is 0 Å². The van der Waals surface area contributed by atoms with Gasteiger partial charge >= 0.3 is 5.95 Å². The molecule has 0 aliphatic heterocycles. The minimum atomic E-state index is -0.0241. The predicted octanol–water partition coefficient (Wildman–Crippen LogP) is 1.95. The lowest BCUT2D eigenvalue weighted by atomic mass is 10.3. The van der Waals surface area contributed by atoms with E-state index in [0.717, 1.165) is 11.4 Å². The predicted molar refractivity (Wildman–Crippen MR) is 74.9 cm³/mol. The van der Waals surface area contributed by atoms with E-state index in [-0.39, 0.29) is 5.95 Å². The van der Waals surface area contributed by atoms with Crippen molar-refractivity contribution in [1.29, 1.82) is 0 Å². The third-order valence-electron chi connectivity index (χ3n) is 2.93. The third kappa shape index (κ3) is 2.48. The van der Waals surface area contributed by atoms with E-state index in [1.54, 1.807) is 31.4 Å². The topological polar surface area (TPSA) is 73.2 Å². The summed E-state index contributed by atoms with van der Waals surface area (Å²) >= 11 is 0. The number of hydrogen-bond donors (Lipinski definition) is 0. The molecule has 3 aromatic rings. The zero-order chi connectivity index (χ0) is 14.7. The van der Waals surface area contributed by atoms with Crippen molar-refractivity contribution in [1.82, 2.24) is 15.1 Å². The molecule has 1 aromatic heterocycles. The highest BCUT2D eigenvalue weighted by atomic mass is 16.5. The smallest absolute Gasteiger partial charge is 0.481 e. The summed E-state index contributed by atoms with van der Waals surface area (Å²) in [5.41, 5.74) is 1.42. The fourth-order valence-electron chi connectivity index (χ4n) is 1.89. The molecule has 0 fully saturated rings. The Labute approximate surface area is 120 Å². The molecule has 104 valence electrons. The molecular formula is C14H12N5O2+. The molecule has 21 heavy (non-hydrogen) atoms. The largest absolute Gasteiger partial charge is 0.497 e. The minimum absolute atomic E-state index is 0.0241. The molecule has 0 bridgehead atoms. The van der Waals surface area contributed by atoms with E-state index in [1.807, 2.05) is 30.3 Å². The van der Waals surface area contributed by atoms with Crippen LogP contribution in [-0.4, -0.2) is 22.2 Å². The molecule has 2 aromatic carbocycles. The standard InChI is InChI=1S/C14H12N5O2/c1-21-13-9-7-11(8-10-13)18-14(16-20)15-19(17-18)12-5-3-2-4-6-12/h2-10H,1H3/q+1. The molecule has 3 rings (SSSR count). The van der Waals surface area contributed by atoms with Gasteiger partial charge in [0.2, 0.25) is 0 Å². The van der Waals surface area contributed by atoms with Gasteiger partial charge < -0.3 is 4.74 Å². The normalized spacial score (nSPS) is 10.3. The van der Waals surface area contributed by atoms with Crippen molar-refractivity contribution in [3.05, 3.63) is 59.5 Å². The van der Waals surface area contributed by atoms with Crippen molar-refractivity contribution in [3.63, 3.8) is 0 Å². The van der Waals surface area contributed by atoms with Gasteiger partial charge in [0.05, 0.1) is 12.2 Å². The number of tetrazole rings is 1. The lowest BCUT2D eigenvalue weighted by Gasteiger charge is -1.99. The SMILES string of the molecule is COc1ccc(-[n+]2nn(-c3ccccc3)nc2N=O)cc1. The Morgan fingerprint density at radius 3 is 2.43 bits per heavy atom. The number of methoxy groups -OCH3 is 1. The van der Waals surface area contributed by atoms with Gasteiger partial charge in [0.25, 0.3) is 0 Å². The molecule has 0 aliphatic carbocycles. The summed E-state index contributed by atoms with van der Waals surface area (Å²) in [5.74, 6) is 0.694. The fraction of sp³-hybridized carbons (Fsp3) is 0.0714. The van der Waals surface area contributed by atoms with Crippen LogP contribution in [0.25, 0.3) is 11.4 Å². The Morgan fingerprint density at radius 1 is 1.10 bits per heavy atom. The second-order valence-electron chi connectivity index (χ2n) is 4.22. The second kappa shape index (κ2) is 5.49. The highest BCUT2D eigenvalue weighted by molar-refractivity contribution is 5.32.